The van der Waals surface area contributed by atoms with Gasteiger partial charge >= 0.3 is 35.9 Å². The highest BCUT2D eigenvalue weighted by Gasteiger charge is 2.39. The maximum atomic E-state index is 13.0. The molecule has 10 saturated heterocycles. The largest absolute Gasteiger partial charge is 0.480 e. The Morgan fingerprint density at radius 3 is 0.979 bits per heavy atom. The molecule has 4 aliphatic carbocycles. The first-order valence-electron chi connectivity index (χ1n) is 55.0. The number of urea groups is 2. The van der Waals surface area contributed by atoms with Crippen molar-refractivity contribution in [1.29, 1.82) is 0 Å². The van der Waals surface area contributed by atoms with E-state index >= 15 is 0 Å². The first-order chi connectivity index (χ1) is 69.4. The summed E-state index contributed by atoms with van der Waals surface area (Å²) < 4.78 is 0. The average Bonchev–Trinajstić information content (AvgIpc) is 0.817. The molecular weight excluding hydrogens is 1810 g/mol. The number of nitrogens with one attached hydrogen (secondary N) is 1. The predicted octanol–water partition coefficient (Wildman–Crippen LogP) is 11.5. The number of likely N-dealkylation sites (tertiary alicyclic amines) is 8. The van der Waals surface area contributed by atoms with E-state index in [4.69, 9.17) is 45.3 Å². The highest BCUT2D eigenvalue weighted by molar-refractivity contribution is 5.81. The maximum Gasteiger partial charge on any atom is 0.320 e. The molecule has 5 N–H and O–H groups in total. The smallest absolute Gasteiger partial charge is 0.320 e. The normalized spacial score (nSPS) is 21.9. The third-order valence-electron chi connectivity index (χ3n) is 33.3. The molecule has 32 heteroatoms. The molecule has 20 rings (SSSR count). The molecule has 1 atom stereocenters. The zero-order valence-corrected chi connectivity index (χ0v) is 85.2. The monoisotopic (exact) mass is 1970 g/mol. The number of pyridine rings is 5. The lowest BCUT2D eigenvalue weighted by molar-refractivity contribution is -0.142. The van der Waals surface area contributed by atoms with Crippen LogP contribution >= 0.6 is 0 Å². The number of aromatic nitrogens is 5. The first kappa shape index (κ1) is 106. The van der Waals surface area contributed by atoms with Gasteiger partial charge in [0.05, 0.1) is 32.7 Å². The number of nitrogens with zero attached hydrogens (tertiary/aromatic N) is 17. The van der Waals surface area contributed by atoms with E-state index in [2.05, 4.69) is 75.8 Å². The van der Waals surface area contributed by atoms with Crippen LogP contribution in [-0.4, -0.2) is 360 Å². The van der Waals surface area contributed by atoms with Gasteiger partial charge in [0.1, 0.15) is 11.6 Å². The van der Waals surface area contributed by atoms with E-state index in [1.807, 2.05) is 49.0 Å². The predicted molar refractivity (Wildman–Crippen MR) is 546 cm³/mol. The summed E-state index contributed by atoms with van der Waals surface area (Å²) in [6.07, 6.45) is 39.7. The van der Waals surface area contributed by atoms with Gasteiger partial charge in [-0.1, -0.05) is 30.3 Å². The number of piperazine rings is 2. The van der Waals surface area contributed by atoms with Gasteiger partial charge in [0.25, 0.3) is 0 Å². The molecule has 0 spiro atoms. The number of aliphatic carboxylic acids is 4. The zero-order chi connectivity index (χ0) is 99.7. The van der Waals surface area contributed by atoms with Crippen molar-refractivity contribution in [3.8, 4) is 0 Å². The maximum absolute atomic E-state index is 13.0. The lowest BCUT2D eigenvalue weighted by atomic mass is 9.89. The minimum atomic E-state index is -0.805. The summed E-state index contributed by atoms with van der Waals surface area (Å²) in [5.74, 6) is 1.71. The number of carbonyl (C=O) groups excluding carboxylic acids is 6. The van der Waals surface area contributed by atoms with Gasteiger partial charge in [-0.05, 0) is 360 Å². The molecule has 32 nitrogen and oxygen atoms in total. The van der Waals surface area contributed by atoms with E-state index in [0.717, 1.165) is 244 Å². The van der Waals surface area contributed by atoms with Crippen molar-refractivity contribution < 1.29 is 68.4 Å². The molecular formula is C111H160N18O14. The van der Waals surface area contributed by atoms with Crippen molar-refractivity contribution in [1.82, 2.24) is 83.7 Å². The number of Topliss-reactive ketones (excluding diaryl/α,β-unsaturated/α-hetero) is 1. The van der Waals surface area contributed by atoms with Crippen LogP contribution in [0.3, 0.4) is 0 Å². The molecule has 5 aromatic heterocycles. The number of hydrogen-bond donors (Lipinski definition) is 5. The summed E-state index contributed by atoms with van der Waals surface area (Å²) in [6, 6.07) is 22.6. The number of carboxylic acid groups (broad SMARTS) is 4. The fraction of sp³-hybridized carbons (Fsp3) is 0.685. The van der Waals surface area contributed by atoms with E-state index in [-0.39, 0.29) is 79.5 Å². The molecule has 1 unspecified atom stereocenters. The van der Waals surface area contributed by atoms with Gasteiger partial charge in [0.2, 0.25) is 17.7 Å². The van der Waals surface area contributed by atoms with E-state index in [9.17, 15) is 47.9 Å². The van der Waals surface area contributed by atoms with Gasteiger partial charge in [0.15, 0.2) is 0 Å². The molecule has 0 aromatic carbocycles. The number of fused-ring (bicyclic) bond motifs is 5. The Balaban J connectivity index is 0.000000128. The summed E-state index contributed by atoms with van der Waals surface area (Å²) in [7, 11) is 0. The Kier molecular flexibility index (Phi) is 38.6. The van der Waals surface area contributed by atoms with Crippen molar-refractivity contribution in [2.24, 2.45) is 35.5 Å². The number of rotatable bonds is 21. The van der Waals surface area contributed by atoms with Gasteiger partial charge in [-0.3, -0.25) is 82.8 Å². The Morgan fingerprint density at radius 2 is 0.587 bits per heavy atom. The molecule has 11 aliphatic heterocycles. The SMILES string of the molecule is CC(=O)CN1CCN(C(=O)N2CCC(c3ccc4c(n3)NCCC4)CC2)CC1.O=C(O)CN1CCC(C(=O)N2CCC(Cc3ccc4c(n3)CCCC4)CC2)CC1.O=C(O)CN1CCC(C(=O)N2CCC(c3ccc4c(n3)CCCC4)CC2)CC1.O=C(O)CN1CCC(C(=O)N2CCCC(Cc3ccc4c(n3)CCCC4)C2)CC1.O=C(O)CN1CCN(C(=O)N2CCC(Cc3ccc4c(n3)CCCC4)CC2)CC1. The minimum Gasteiger partial charge on any atom is -0.480 e. The van der Waals surface area contributed by atoms with Gasteiger partial charge in [-0.15, -0.1) is 0 Å². The third-order valence-corrected chi connectivity index (χ3v) is 33.3. The van der Waals surface area contributed by atoms with Crippen LogP contribution in [0, 0.1) is 35.5 Å². The van der Waals surface area contributed by atoms with Gasteiger partial charge in [-0.2, -0.15) is 0 Å². The second-order valence-corrected chi connectivity index (χ2v) is 43.7. The summed E-state index contributed by atoms with van der Waals surface area (Å²) in [5.41, 5.74) is 18.3. The highest BCUT2D eigenvalue weighted by Crippen LogP contribution is 2.37. The van der Waals surface area contributed by atoms with E-state index in [1.54, 1.807) is 6.92 Å². The van der Waals surface area contributed by atoms with Gasteiger partial charge in [-0.25, -0.2) is 14.6 Å². The molecule has 0 bridgehead atoms. The molecule has 0 radical (unpaired) electrons. The van der Waals surface area contributed by atoms with Crippen LogP contribution in [0.15, 0.2) is 60.7 Å². The van der Waals surface area contributed by atoms with Crippen molar-refractivity contribution in [2.45, 2.75) is 256 Å². The topological polar surface area (TPSA) is 367 Å². The number of ketones is 1. The van der Waals surface area contributed by atoms with Gasteiger partial charge < -0.3 is 60.0 Å². The van der Waals surface area contributed by atoms with Gasteiger partial charge in [0, 0.05) is 205 Å². The Hall–Kier alpha value is -10.2. The number of carboxylic acids is 4. The average molecular weight is 1970 g/mol. The fourth-order valence-corrected chi connectivity index (χ4v) is 24.9. The number of hydrogen-bond acceptors (Lipinski definition) is 21. The number of piperidine rings is 8. The van der Waals surface area contributed by atoms with E-state index in [1.165, 1.54) is 163 Å². The molecule has 778 valence electrons. The van der Waals surface area contributed by atoms with Crippen LogP contribution in [0.4, 0.5) is 15.4 Å². The lowest BCUT2D eigenvalue weighted by Crippen LogP contribution is -2.54. The quantitative estimate of drug-likeness (QED) is 0.0455. The Labute approximate surface area is 846 Å². The number of anilines is 1. The molecule has 0 saturated carbocycles. The molecule has 10 fully saturated rings. The lowest BCUT2D eigenvalue weighted by Gasteiger charge is -2.39. The Morgan fingerprint density at radius 1 is 0.280 bits per heavy atom. The molecule has 5 aromatic rings. The van der Waals surface area contributed by atoms with Crippen molar-refractivity contribution in [3.05, 3.63) is 140 Å². The molecule has 15 aliphatic rings. The summed E-state index contributed by atoms with van der Waals surface area (Å²) in [5, 5.41) is 39.1. The molecule has 143 heavy (non-hydrogen) atoms. The first-order valence-corrected chi connectivity index (χ1v) is 55.0. The van der Waals surface area contributed by atoms with E-state index < -0.39 is 23.9 Å². The van der Waals surface area contributed by atoms with Crippen LogP contribution in [0.5, 0.6) is 0 Å². The van der Waals surface area contributed by atoms with Crippen LogP contribution in [-0.2, 0) is 115 Å². The van der Waals surface area contributed by atoms with Crippen molar-refractivity contribution in [3.63, 3.8) is 0 Å². The second-order valence-electron chi connectivity index (χ2n) is 43.7. The van der Waals surface area contributed by atoms with Crippen LogP contribution in [0.1, 0.15) is 258 Å². The summed E-state index contributed by atoms with van der Waals surface area (Å²) in [4.78, 5) is 168. The van der Waals surface area contributed by atoms with Crippen LogP contribution < -0.4 is 5.32 Å². The fourth-order valence-electron chi connectivity index (χ4n) is 24.9. The third kappa shape index (κ3) is 30.5. The summed E-state index contributed by atoms with van der Waals surface area (Å²) >= 11 is 0. The molecule has 7 amide bonds. The second kappa shape index (κ2) is 52.3. The van der Waals surface area contributed by atoms with Crippen molar-refractivity contribution in [2.75, 3.05) is 202 Å². The summed E-state index contributed by atoms with van der Waals surface area (Å²) in [6.45, 7) is 21.4. The van der Waals surface area contributed by atoms with E-state index in [0.29, 0.717) is 115 Å². The van der Waals surface area contributed by atoms with Crippen LogP contribution in [0.2, 0.25) is 0 Å². The van der Waals surface area contributed by atoms with Crippen LogP contribution in [0.25, 0.3) is 0 Å². The number of aryl methyl sites for hydroxylation is 9. The number of amides is 7. The zero-order valence-electron chi connectivity index (χ0n) is 85.2. The van der Waals surface area contributed by atoms with Crippen molar-refractivity contribution >= 4 is 65.3 Å². The molecule has 16 heterocycles. The Bertz CT molecular complexity index is 4860. The standard InChI is InChI=1S/2C23H33N3O3.C22H32N4O3.C22H31N3O3.C21H31N5O2/c27-22(28)16-25-12-9-19(10-13-25)23(29)26-11-3-4-17(15-26)14-20-8-7-18-5-1-2-6-21(18)24-20;27-22(28)16-25-11-9-19(10-12-25)23(29)26-13-7-17(8-14-26)15-20-6-5-18-3-1-2-4-21(18)24-20;27-21(28)16-24-11-13-26(14-12-24)22(29)25-9-7-17(8-10-25)15-19-6-5-18-3-1-2-4-20(18)23-19;26-21(27)15-24-11-7-18(8-12-24)22(28)25-13-9-17(10-14-25)20-6-5-16-3-1-2-4-19(16)23-20;1-16(27)15-24-11-13-26(14-12-24)21(28)25-9-6-17(7-10-25)19-5-4-18-3-2-8-22-20(18)23-19/h7-8,17,19H,1-6,9-16H2,(H,27,28);5-6,17,19H,1-4,7-16H2,(H,27,28);5-6,17H,1-4,7-16H2,(H,27,28);5-6,17-18H,1-4,7-15H2,(H,26,27);4-5,17H,2-3,6-15H2,1H3,(H,22,23). The minimum absolute atomic E-state index is 0.0562. The number of carbonyl (C=O) groups is 10. The highest BCUT2D eigenvalue weighted by atomic mass is 16.4.